The van der Waals surface area contributed by atoms with Crippen LogP contribution in [0.25, 0.3) is 0 Å². The standard InChI is InChI=1S/C18H24N2O9/c1-11(2)7-8-14(15(21)22)18(19,17(24)27-3)29-16(23)13-6-4-5-12(9-13)10-28-20(25)26/h4-6,9,11,14H,7-8,10,19H2,1-3H3,(H,21,22). The Kier molecular flexibility index (Phi) is 8.52. The van der Waals surface area contributed by atoms with Crippen molar-refractivity contribution in [1.29, 1.82) is 0 Å². The Labute approximate surface area is 166 Å². The molecule has 0 aliphatic rings. The average molecular weight is 412 g/mol. The summed E-state index contributed by atoms with van der Waals surface area (Å²) in [6.07, 6.45) is 0.390. The Balaban J connectivity index is 3.15. The lowest BCUT2D eigenvalue weighted by molar-refractivity contribution is -0.763. The van der Waals surface area contributed by atoms with Gasteiger partial charge in [-0.2, -0.15) is 0 Å². The number of nitrogens with zero attached hydrogens (tertiary/aromatic N) is 1. The monoisotopic (exact) mass is 412 g/mol. The molecule has 3 N–H and O–H groups in total. The molecule has 1 rings (SSSR count). The van der Waals surface area contributed by atoms with Crippen LogP contribution in [-0.2, 0) is 30.5 Å². The summed E-state index contributed by atoms with van der Waals surface area (Å²) in [7, 11) is 0.995. The van der Waals surface area contributed by atoms with E-state index < -0.39 is 41.2 Å². The molecule has 2 atom stereocenters. The predicted molar refractivity (Wildman–Crippen MR) is 97.8 cm³/mol. The lowest BCUT2D eigenvalue weighted by Gasteiger charge is -2.32. The fraction of sp³-hybridized carbons (Fsp3) is 0.500. The number of carbonyl (C=O) groups is 3. The Morgan fingerprint density at radius 3 is 2.45 bits per heavy atom. The van der Waals surface area contributed by atoms with Crippen LogP contribution in [0, 0.1) is 22.0 Å². The van der Waals surface area contributed by atoms with Crippen LogP contribution in [0.15, 0.2) is 24.3 Å². The first-order valence-electron chi connectivity index (χ1n) is 8.71. The van der Waals surface area contributed by atoms with Gasteiger partial charge in [-0.1, -0.05) is 26.0 Å². The van der Waals surface area contributed by atoms with E-state index in [0.29, 0.717) is 6.42 Å². The summed E-state index contributed by atoms with van der Waals surface area (Å²) in [5.74, 6) is -5.14. The minimum atomic E-state index is -2.56. The smallest absolute Gasteiger partial charge is 0.366 e. The van der Waals surface area contributed by atoms with Gasteiger partial charge in [-0.05, 0) is 36.5 Å². The number of methoxy groups -OCH3 is 1. The molecule has 11 nitrogen and oxygen atoms in total. The topological polar surface area (TPSA) is 168 Å². The van der Waals surface area contributed by atoms with Crippen molar-refractivity contribution in [1.82, 2.24) is 0 Å². The normalized spacial score (nSPS) is 13.8. The fourth-order valence-electron chi connectivity index (χ4n) is 2.56. The Bertz CT molecular complexity index is 765. The van der Waals surface area contributed by atoms with Gasteiger partial charge in [0.15, 0.2) is 0 Å². The summed E-state index contributed by atoms with van der Waals surface area (Å²) in [4.78, 5) is 51.1. The Morgan fingerprint density at radius 2 is 1.93 bits per heavy atom. The molecule has 0 fully saturated rings. The second-order valence-corrected chi connectivity index (χ2v) is 6.73. The molecular formula is C18H24N2O9. The highest BCUT2D eigenvalue weighted by molar-refractivity contribution is 5.94. The number of carboxylic acid groups (broad SMARTS) is 1. The summed E-state index contributed by atoms with van der Waals surface area (Å²) in [5, 5.41) is 18.9. The number of nitrogens with two attached hydrogens (primary N) is 1. The number of rotatable bonds is 11. The van der Waals surface area contributed by atoms with Crippen LogP contribution in [0.2, 0.25) is 0 Å². The van der Waals surface area contributed by atoms with Crippen molar-refractivity contribution in [2.45, 2.75) is 39.0 Å². The third-order valence-electron chi connectivity index (χ3n) is 4.11. The van der Waals surface area contributed by atoms with Gasteiger partial charge in [0.05, 0.1) is 12.7 Å². The van der Waals surface area contributed by atoms with Crippen LogP contribution in [0.3, 0.4) is 0 Å². The van der Waals surface area contributed by atoms with E-state index in [1.54, 1.807) is 0 Å². The van der Waals surface area contributed by atoms with E-state index in [0.717, 1.165) is 7.11 Å². The lowest BCUT2D eigenvalue weighted by Crippen LogP contribution is -2.60. The number of benzene rings is 1. The van der Waals surface area contributed by atoms with E-state index in [2.05, 4.69) is 9.57 Å². The van der Waals surface area contributed by atoms with Gasteiger partial charge in [-0.15, -0.1) is 10.1 Å². The number of carbonyl (C=O) groups excluding carboxylic acids is 2. The van der Waals surface area contributed by atoms with Crippen LogP contribution in [-0.4, -0.2) is 40.9 Å². The van der Waals surface area contributed by atoms with Gasteiger partial charge in [0, 0.05) is 0 Å². The highest BCUT2D eigenvalue weighted by Gasteiger charge is 2.51. The molecule has 0 aromatic heterocycles. The van der Waals surface area contributed by atoms with Gasteiger partial charge < -0.3 is 19.4 Å². The molecule has 0 bridgehead atoms. The van der Waals surface area contributed by atoms with Crippen molar-refractivity contribution in [3.05, 3.63) is 45.5 Å². The van der Waals surface area contributed by atoms with Crippen LogP contribution in [0.4, 0.5) is 0 Å². The Hall–Kier alpha value is -3.21. The number of aliphatic carboxylic acids is 1. The number of esters is 2. The summed E-state index contributed by atoms with van der Waals surface area (Å²) in [6.45, 7) is 3.31. The maximum atomic E-state index is 12.6. The van der Waals surface area contributed by atoms with Crippen LogP contribution in [0.5, 0.6) is 0 Å². The van der Waals surface area contributed by atoms with Gasteiger partial charge in [-0.25, -0.2) is 9.59 Å². The van der Waals surface area contributed by atoms with Gasteiger partial charge in [-0.3, -0.25) is 10.5 Å². The van der Waals surface area contributed by atoms with Crippen molar-refractivity contribution in [3.63, 3.8) is 0 Å². The van der Waals surface area contributed by atoms with Crippen molar-refractivity contribution in [2.24, 2.45) is 17.6 Å². The highest BCUT2D eigenvalue weighted by Crippen LogP contribution is 2.27. The van der Waals surface area contributed by atoms with Gasteiger partial charge in [0.2, 0.25) is 0 Å². The van der Waals surface area contributed by atoms with E-state index in [9.17, 15) is 29.6 Å². The molecule has 0 saturated heterocycles. The number of carboxylic acids is 1. The van der Waals surface area contributed by atoms with E-state index in [-0.39, 0.29) is 23.5 Å². The number of hydrogen-bond acceptors (Lipinski definition) is 9. The molecule has 0 saturated carbocycles. The van der Waals surface area contributed by atoms with Crippen LogP contribution < -0.4 is 5.73 Å². The average Bonchev–Trinajstić information content (AvgIpc) is 2.65. The molecule has 0 amide bonds. The first-order valence-corrected chi connectivity index (χ1v) is 8.71. The van der Waals surface area contributed by atoms with E-state index in [1.165, 1.54) is 24.3 Å². The lowest BCUT2D eigenvalue weighted by atomic mass is 9.88. The molecule has 0 spiro atoms. The van der Waals surface area contributed by atoms with Crippen molar-refractivity contribution >= 4 is 17.9 Å². The van der Waals surface area contributed by atoms with Crippen molar-refractivity contribution in [2.75, 3.05) is 7.11 Å². The first-order chi connectivity index (χ1) is 13.5. The molecular weight excluding hydrogens is 388 g/mol. The third kappa shape index (κ3) is 6.71. The Morgan fingerprint density at radius 1 is 1.28 bits per heavy atom. The second-order valence-electron chi connectivity index (χ2n) is 6.73. The molecule has 0 aliphatic heterocycles. The van der Waals surface area contributed by atoms with Crippen molar-refractivity contribution in [3.8, 4) is 0 Å². The quantitative estimate of drug-likeness (QED) is 0.235. The predicted octanol–water partition coefficient (Wildman–Crippen LogP) is 1.52. The summed E-state index contributed by atoms with van der Waals surface area (Å²) < 4.78 is 9.70. The molecule has 160 valence electrons. The highest BCUT2D eigenvalue weighted by atomic mass is 16.9. The van der Waals surface area contributed by atoms with Crippen LogP contribution in [0.1, 0.15) is 42.6 Å². The third-order valence-corrected chi connectivity index (χ3v) is 4.11. The van der Waals surface area contributed by atoms with Gasteiger partial charge >= 0.3 is 17.9 Å². The maximum absolute atomic E-state index is 12.6. The largest absolute Gasteiger partial charge is 0.481 e. The van der Waals surface area contributed by atoms with E-state index in [1.807, 2.05) is 13.8 Å². The molecule has 29 heavy (non-hydrogen) atoms. The SMILES string of the molecule is COC(=O)C(N)(OC(=O)c1cccc(CO[N+](=O)[O-])c1)C(CCC(C)C)C(=O)O. The summed E-state index contributed by atoms with van der Waals surface area (Å²) in [6, 6.07) is 5.45. The second kappa shape index (κ2) is 10.4. The summed E-state index contributed by atoms with van der Waals surface area (Å²) >= 11 is 0. The minimum absolute atomic E-state index is 0.0252. The molecule has 0 heterocycles. The molecule has 1 aromatic rings. The number of ether oxygens (including phenoxy) is 2. The fourth-order valence-corrected chi connectivity index (χ4v) is 2.56. The molecule has 1 aromatic carbocycles. The van der Waals surface area contributed by atoms with Crippen LogP contribution >= 0.6 is 0 Å². The molecule has 2 unspecified atom stereocenters. The molecule has 0 radical (unpaired) electrons. The zero-order valence-electron chi connectivity index (χ0n) is 16.3. The van der Waals surface area contributed by atoms with Gasteiger partial charge in [0.1, 0.15) is 12.5 Å². The zero-order chi connectivity index (χ0) is 22.2. The molecule has 11 heteroatoms. The van der Waals surface area contributed by atoms with Gasteiger partial charge in [0.25, 0.3) is 10.8 Å². The first kappa shape index (κ1) is 23.8. The maximum Gasteiger partial charge on any atom is 0.366 e. The summed E-state index contributed by atoms with van der Waals surface area (Å²) in [5.41, 5.74) is 3.58. The minimum Gasteiger partial charge on any atom is -0.481 e. The van der Waals surface area contributed by atoms with E-state index in [4.69, 9.17) is 10.5 Å². The zero-order valence-corrected chi connectivity index (χ0v) is 16.3. The molecule has 0 aliphatic carbocycles. The number of hydrogen-bond donors (Lipinski definition) is 2. The van der Waals surface area contributed by atoms with Crippen molar-refractivity contribution < 1.29 is 38.9 Å². The van der Waals surface area contributed by atoms with E-state index >= 15 is 0 Å².